The van der Waals surface area contributed by atoms with Crippen LogP contribution in [0.4, 0.5) is 10.9 Å². The highest BCUT2D eigenvalue weighted by atomic mass is 32.1. The molecule has 9 heteroatoms. The molecule has 7 rings (SSSR count). The first kappa shape index (κ1) is 28.2. The number of hydrogen-bond acceptors (Lipinski definition) is 7. The Morgan fingerprint density at radius 1 is 0.889 bits per heavy atom. The van der Waals surface area contributed by atoms with Crippen LogP contribution < -0.4 is 15.0 Å². The van der Waals surface area contributed by atoms with E-state index in [4.69, 9.17) is 4.74 Å². The molecule has 0 aliphatic carbocycles. The Labute approximate surface area is 263 Å². The normalized spacial score (nSPS) is 12.5. The third-order valence-electron chi connectivity index (χ3n) is 7.84. The lowest BCUT2D eigenvalue weighted by Crippen LogP contribution is -2.33. The summed E-state index contributed by atoms with van der Waals surface area (Å²) in [5.74, 6) is 0.486. The van der Waals surface area contributed by atoms with Gasteiger partial charge in [0, 0.05) is 24.2 Å². The van der Waals surface area contributed by atoms with E-state index in [0.29, 0.717) is 58.6 Å². The number of thiazole rings is 1. The van der Waals surface area contributed by atoms with Gasteiger partial charge in [-0.05, 0) is 84.6 Å². The van der Waals surface area contributed by atoms with Crippen LogP contribution >= 0.6 is 11.3 Å². The Kier molecular flexibility index (Phi) is 7.44. The molecule has 0 atom stereocenters. The smallest absolute Gasteiger partial charge is 0.355 e. The van der Waals surface area contributed by atoms with Crippen LogP contribution in [0.25, 0.3) is 21.3 Å². The van der Waals surface area contributed by atoms with Crippen LogP contribution in [0.15, 0.2) is 103 Å². The van der Waals surface area contributed by atoms with E-state index in [2.05, 4.69) is 15.3 Å². The van der Waals surface area contributed by atoms with Gasteiger partial charge in [0.25, 0.3) is 5.91 Å². The van der Waals surface area contributed by atoms with Crippen LogP contribution in [-0.4, -0.2) is 33.5 Å². The minimum atomic E-state index is -1.12. The number of fused-ring (bicyclic) bond motifs is 2. The molecule has 0 radical (unpaired) electrons. The number of amides is 1. The number of para-hydroxylation sites is 1. The molecule has 3 heterocycles. The second-order valence-corrected chi connectivity index (χ2v) is 11.9. The third-order valence-corrected chi connectivity index (χ3v) is 8.79. The Morgan fingerprint density at radius 2 is 1.71 bits per heavy atom. The van der Waals surface area contributed by atoms with E-state index in [1.165, 1.54) is 11.3 Å². The van der Waals surface area contributed by atoms with Gasteiger partial charge in [-0.1, -0.05) is 65.4 Å². The van der Waals surface area contributed by atoms with Crippen molar-refractivity contribution < 1.29 is 19.4 Å². The number of nitrogens with zero attached hydrogens (tertiary/aromatic N) is 3. The molecule has 8 nitrogen and oxygen atoms in total. The van der Waals surface area contributed by atoms with E-state index < -0.39 is 5.97 Å². The number of carbonyl (C=O) groups excluding carboxylic acids is 1. The fourth-order valence-electron chi connectivity index (χ4n) is 5.57. The van der Waals surface area contributed by atoms with Gasteiger partial charge < -0.3 is 14.7 Å². The molecule has 1 aliphatic rings. The predicted octanol–water partition coefficient (Wildman–Crippen LogP) is 7.97. The van der Waals surface area contributed by atoms with Crippen molar-refractivity contribution in [1.82, 2.24) is 9.97 Å². The standard InChI is InChI=1S/C36H28N4O4S/c1-22-12-14-25(15-13-22)44-26-8-4-7-24(20-26)27-16-17-32(38-33(27)35(42)43)40-19-18-23-6-5-9-28(29(23)21-40)34(41)39-36-37-30-10-2-3-11-31(30)45-36/h2-17,20H,18-19,21H2,1H3,(H,42,43)(H,37,39,41). The van der Waals surface area contributed by atoms with Crippen LogP contribution in [-0.2, 0) is 13.0 Å². The van der Waals surface area contributed by atoms with Gasteiger partial charge >= 0.3 is 5.97 Å². The monoisotopic (exact) mass is 612 g/mol. The number of carbonyl (C=O) groups is 2. The van der Waals surface area contributed by atoms with Crippen LogP contribution in [0.5, 0.6) is 11.5 Å². The number of carboxylic acid groups (broad SMARTS) is 1. The fraction of sp³-hybridized carbons (Fsp3) is 0.111. The molecule has 1 amide bonds. The summed E-state index contributed by atoms with van der Waals surface area (Å²) in [6.45, 7) is 3.07. The highest BCUT2D eigenvalue weighted by Crippen LogP contribution is 2.33. The summed E-state index contributed by atoms with van der Waals surface area (Å²) in [5, 5.41) is 13.7. The molecule has 2 aromatic heterocycles. The number of pyridine rings is 1. The molecular formula is C36H28N4O4S. The van der Waals surface area contributed by atoms with Crippen LogP contribution in [0.3, 0.4) is 0 Å². The number of hydrogen-bond donors (Lipinski definition) is 2. The van der Waals surface area contributed by atoms with E-state index in [1.807, 2.05) is 109 Å². The maximum absolute atomic E-state index is 13.4. The van der Waals surface area contributed by atoms with Gasteiger partial charge in [0.05, 0.1) is 10.2 Å². The minimum absolute atomic E-state index is 0.0485. The van der Waals surface area contributed by atoms with Crippen molar-refractivity contribution in [2.75, 3.05) is 16.8 Å². The SMILES string of the molecule is Cc1ccc(Oc2cccc(-c3ccc(N4CCc5cccc(C(=O)Nc6nc7ccccc7s6)c5C4)nc3C(=O)O)c2)cc1. The molecule has 45 heavy (non-hydrogen) atoms. The zero-order valence-electron chi connectivity index (χ0n) is 24.4. The lowest BCUT2D eigenvalue weighted by Gasteiger charge is -2.31. The van der Waals surface area contributed by atoms with Crippen molar-refractivity contribution in [3.05, 3.63) is 131 Å². The number of nitrogens with one attached hydrogen (secondary N) is 1. The van der Waals surface area contributed by atoms with Gasteiger partial charge in [0.1, 0.15) is 17.3 Å². The van der Waals surface area contributed by atoms with Gasteiger partial charge in [0.15, 0.2) is 10.8 Å². The van der Waals surface area contributed by atoms with Gasteiger partial charge in [-0.15, -0.1) is 0 Å². The molecule has 1 aliphatic heterocycles. The first-order valence-corrected chi connectivity index (χ1v) is 15.3. The van der Waals surface area contributed by atoms with Crippen LogP contribution in [0.1, 0.15) is 37.5 Å². The Morgan fingerprint density at radius 3 is 2.53 bits per heavy atom. The summed E-state index contributed by atoms with van der Waals surface area (Å²) in [5.41, 5.74) is 5.66. The number of aromatic carboxylic acids is 1. The van der Waals surface area contributed by atoms with E-state index >= 15 is 0 Å². The van der Waals surface area contributed by atoms with E-state index in [1.54, 1.807) is 6.07 Å². The maximum atomic E-state index is 13.4. The van der Waals surface area contributed by atoms with Crippen molar-refractivity contribution in [1.29, 1.82) is 0 Å². The molecule has 222 valence electrons. The van der Waals surface area contributed by atoms with Gasteiger partial charge in [-0.2, -0.15) is 0 Å². The summed E-state index contributed by atoms with van der Waals surface area (Å²) in [6.07, 6.45) is 0.696. The fourth-order valence-corrected chi connectivity index (χ4v) is 6.43. The van der Waals surface area contributed by atoms with Crippen molar-refractivity contribution in [3.63, 3.8) is 0 Å². The van der Waals surface area contributed by atoms with Crippen LogP contribution in [0, 0.1) is 6.92 Å². The minimum Gasteiger partial charge on any atom is -0.476 e. The summed E-state index contributed by atoms with van der Waals surface area (Å²) in [4.78, 5) is 37.1. The first-order valence-electron chi connectivity index (χ1n) is 14.5. The quantitative estimate of drug-likeness (QED) is 0.188. The number of ether oxygens (including phenoxy) is 1. The summed E-state index contributed by atoms with van der Waals surface area (Å²) in [7, 11) is 0. The van der Waals surface area contributed by atoms with Crippen LogP contribution in [0.2, 0.25) is 0 Å². The van der Waals surface area contributed by atoms with E-state index in [9.17, 15) is 14.7 Å². The zero-order valence-corrected chi connectivity index (χ0v) is 25.2. The zero-order chi connectivity index (χ0) is 30.9. The van der Waals surface area contributed by atoms with E-state index in [0.717, 1.165) is 26.9 Å². The summed E-state index contributed by atoms with van der Waals surface area (Å²) in [6, 6.07) is 32.2. The van der Waals surface area contributed by atoms with Gasteiger partial charge in [0.2, 0.25) is 0 Å². The predicted molar refractivity (Wildman–Crippen MR) is 177 cm³/mol. The summed E-state index contributed by atoms with van der Waals surface area (Å²) < 4.78 is 7.02. The molecule has 0 bridgehead atoms. The second kappa shape index (κ2) is 11.9. The topological polar surface area (TPSA) is 105 Å². The van der Waals surface area contributed by atoms with Gasteiger partial charge in [-0.3, -0.25) is 10.1 Å². The molecule has 0 saturated carbocycles. The number of carboxylic acids is 1. The molecule has 4 aromatic carbocycles. The molecule has 0 spiro atoms. The lowest BCUT2D eigenvalue weighted by molar-refractivity contribution is 0.0691. The maximum Gasteiger partial charge on any atom is 0.355 e. The average molecular weight is 613 g/mol. The number of benzene rings is 4. The second-order valence-electron chi connectivity index (χ2n) is 10.9. The van der Waals surface area contributed by atoms with Gasteiger partial charge in [-0.25, -0.2) is 14.8 Å². The summed E-state index contributed by atoms with van der Waals surface area (Å²) >= 11 is 1.43. The highest BCUT2D eigenvalue weighted by molar-refractivity contribution is 7.22. The lowest BCUT2D eigenvalue weighted by atomic mass is 9.94. The number of anilines is 2. The van der Waals surface area contributed by atoms with Crippen molar-refractivity contribution in [2.24, 2.45) is 0 Å². The molecule has 0 fully saturated rings. The highest BCUT2D eigenvalue weighted by Gasteiger charge is 2.25. The largest absolute Gasteiger partial charge is 0.476 e. The molecule has 6 aromatic rings. The Hall–Kier alpha value is -5.54. The van der Waals surface area contributed by atoms with Crippen molar-refractivity contribution in [3.8, 4) is 22.6 Å². The third kappa shape index (κ3) is 5.85. The molecular weight excluding hydrogens is 584 g/mol. The first-order chi connectivity index (χ1) is 21.9. The average Bonchev–Trinajstić information content (AvgIpc) is 3.47. The molecule has 0 unspecified atom stereocenters. The van der Waals surface area contributed by atoms with E-state index in [-0.39, 0.29) is 11.6 Å². The molecule has 0 saturated heterocycles. The van der Waals surface area contributed by atoms with Crippen molar-refractivity contribution >= 4 is 44.4 Å². The molecule has 2 N–H and O–H groups in total. The number of aromatic nitrogens is 2. The number of aryl methyl sites for hydroxylation is 1. The Balaban J connectivity index is 1.14. The number of rotatable bonds is 7. The van der Waals surface area contributed by atoms with Crippen molar-refractivity contribution in [2.45, 2.75) is 19.9 Å². The Bertz CT molecular complexity index is 2040.